The number of hydrogen-bond donors (Lipinski definition) is 1. The lowest BCUT2D eigenvalue weighted by atomic mass is 9.92. The minimum Gasteiger partial charge on any atom is -0.379 e. The number of halogens is 1. The van der Waals surface area contributed by atoms with E-state index in [2.05, 4.69) is 9.98 Å². The molecule has 0 radical (unpaired) electrons. The molecule has 0 saturated carbocycles. The summed E-state index contributed by atoms with van der Waals surface area (Å²) in [6, 6.07) is 12.4. The van der Waals surface area contributed by atoms with E-state index in [4.69, 9.17) is 5.73 Å². The van der Waals surface area contributed by atoms with E-state index in [1.807, 2.05) is 24.5 Å². The van der Waals surface area contributed by atoms with Gasteiger partial charge < -0.3 is 5.73 Å². The van der Waals surface area contributed by atoms with E-state index >= 15 is 0 Å². The molecule has 2 aromatic rings. The van der Waals surface area contributed by atoms with Gasteiger partial charge in [-0.1, -0.05) is 30.0 Å². The van der Waals surface area contributed by atoms with Gasteiger partial charge in [-0.2, -0.15) is 0 Å². The number of pyridine rings is 1. The van der Waals surface area contributed by atoms with Crippen molar-refractivity contribution in [2.75, 3.05) is 12.8 Å². The zero-order valence-corrected chi connectivity index (χ0v) is 12.7. The number of nitrogens with zero attached hydrogens (tertiary/aromatic N) is 2. The molecule has 5 heteroatoms. The van der Waals surface area contributed by atoms with Crippen molar-refractivity contribution >= 4 is 16.9 Å². The Kier molecular flexibility index (Phi) is 5.75. The minimum atomic E-state index is -0.233. The molecule has 0 aliphatic heterocycles. The smallest absolute Gasteiger partial charge is 0.153 e. The fourth-order valence-corrected chi connectivity index (χ4v) is 2.35. The van der Waals surface area contributed by atoms with Crippen LogP contribution in [-0.4, -0.2) is 23.0 Å². The Morgan fingerprint density at radius 1 is 1.29 bits per heavy atom. The topological polar surface area (TPSA) is 51.3 Å². The summed E-state index contributed by atoms with van der Waals surface area (Å²) < 4.78 is 13.1. The van der Waals surface area contributed by atoms with Crippen LogP contribution in [0.4, 0.5) is 4.39 Å². The molecule has 1 aromatic heterocycles. The zero-order chi connectivity index (χ0) is 15.1. The van der Waals surface area contributed by atoms with Gasteiger partial charge >= 0.3 is 0 Å². The molecule has 1 atom stereocenters. The van der Waals surface area contributed by atoms with Crippen LogP contribution in [0.5, 0.6) is 0 Å². The summed E-state index contributed by atoms with van der Waals surface area (Å²) in [5.41, 5.74) is 7.70. The maximum absolute atomic E-state index is 13.1. The highest BCUT2D eigenvalue weighted by molar-refractivity contribution is 8.13. The van der Waals surface area contributed by atoms with Crippen LogP contribution in [0.1, 0.15) is 23.6 Å². The largest absolute Gasteiger partial charge is 0.379 e. The fraction of sp³-hybridized carbons (Fsp3) is 0.250. The number of thioether (sulfide) groups is 1. The van der Waals surface area contributed by atoms with E-state index in [0.717, 1.165) is 17.7 Å². The van der Waals surface area contributed by atoms with Crippen LogP contribution in [0.2, 0.25) is 0 Å². The van der Waals surface area contributed by atoms with Crippen molar-refractivity contribution in [2.45, 2.75) is 12.3 Å². The highest BCUT2D eigenvalue weighted by Gasteiger charge is 2.15. The Morgan fingerprint density at radius 3 is 2.67 bits per heavy atom. The van der Waals surface area contributed by atoms with Gasteiger partial charge in [0, 0.05) is 24.4 Å². The Balaban J connectivity index is 2.21. The average Bonchev–Trinajstić information content (AvgIpc) is 2.53. The predicted molar refractivity (Wildman–Crippen MR) is 87.1 cm³/mol. The SMILES string of the molecule is CSC(N)=NCCC(c1ccc(F)cc1)c1ccccn1. The maximum Gasteiger partial charge on any atom is 0.153 e. The highest BCUT2D eigenvalue weighted by Crippen LogP contribution is 2.26. The Labute approximate surface area is 128 Å². The molecule has 0 aliphatic rings. The second-order valence-corrected chi connectivity index (χ2v) is 5.40. The molecular formula is C16H18FN3S. The number of aliphatic imine (C=N–C) groups is 1. The Hall–Kier alpha value is -1.88. The average molecular weight is 303 g/mol. The number of rotatable bonds is 5. The van der Waals surface area contributed by atoms with E-state index in [0.29, 0.717) is 11.7 Å². The Bertz CT molecular complexity index is 584. The van der Waals surface area contributed by atoms with Crippen molar-refractivity contribution < 1.29 is 4.39 Å². The third-order valence-corrected chi connectivity index (χ3v) is 3.76. The van der Waals surface area contributed by atoms with Crippen molar-refractivity contribution in [3.8, 4) is 0 Å². The van der Waals surface area contributed by atoms with Crippen molar-refractivity contribution in [3.63, 3.8) is 0 Å². The van der Waals surface area contributed by atoms with Crippen LogP contribution in [0.15, 0.2) is 53.7 Å². The molecule has 1 aromatic carbocycles. The van der Waals surface area contributed by atoms with Gasteiger partial charge in [0.25, 0.3) is 0 Å². The van der Waals surface area contributed by atoms with Gasteiger partial charge in [-0.05, 0) is 42.5 Å². The summed E-state index contributed by atoms with van der Waals surface area (Å²) in [6.07, 6.45) is 4.45. The zero-order valence-electron chi connectivity index (χ0n) is 11.9. The van der Waals surface area contributed by atoms with Crippen molar-refractivity contribution in [2.24, 2.45) is 10.7 Å². The predicted octanol–water partition coefficient (Wildman–Crippen LogP) is 3.42. The van der Waals surface area contributed by atoms with Crippen molar-refractivity contribution in [1.82, 2.24) is 4.98 Å². The van der Waals surface area contributed by atoms with Gasteiger partial charge in [0.15, 0.2) is 5.17 Å². The molecule has 21 heavy (non-hydrogen) atoms. The third-order valence-electron chi connectivity index (χ3n) is 3.21. The summed E-state index contributed by atoms with van der Waals surface area (Å²) in [7, 11) is 0. The normalized spacial score (nSPS) is 13.1. The lowest BCUT2D eigenvalue weighted by Gasteiger charge is -2.16. The van der Waals surface area contributed by atoms with E-state index in [1.54, 1.807) is 18.3 Å². The summed E-state index contributed by atoms with van der Waals surface area (Å²) in [4.78, 5) is 8.72. The standard InChI is InChI=1S/C16H18FN3S/c1-21-16(18)20-11-9-14(15-4-2-3-10-19-15)12-5-7-13(17)8-6-12/h2-8,10,14H,9,11H2,1H3,(H2,18,20). The van der Waals surface area contributed by atoms with Crippen molar-refractivity contribution in [3.05, 3.63) is 65.7 Å². The van der Waals surface area contributed by atoms with Crippen LogP contribution >= 0.6 is 11.8 Å². The molecule has 0 aliphatic carbocycles. The number of hydrogen-bond acceptors (Lipinski definition) is 3. The van der Waals surface area contributed by atoms with Gasteiger partial charge in [-0.25, -0.2) is 4.39 Å². The summed E-state index contributed by atoms with van der Waals surface area (Å²) in [6.45, 7) is 0.616. The molecule has 110 valence electrons. The first-order valence-electron chi connectivity index (χ1n) is 6.71. The van der Waals surface area contributed by atoms with E-state index in [-0.39, 0.29) is 11.7 Å². The summed E-state index contributed by atoms with van der Waals surface area (Å²) >= 11 is 1.43. The number of benzene rings is 1. The first-order chi connectivity index (χ1) is 10.2. The molecule has 2 rings (SSSR count). The van der Waals surface area contributed by atoms with Crippen LogP contribution in [0, 0.1) is 5.82 Å². The molecule has 1 unspecified atom stereocenters. The van der Waals surface area contributed by atoms with Gasteiger partial charge in [0.2, 0.25) is 0 Å². The molecule has 0 spiro atoms. The molecule has 1 heterocycles. The monoisotopic (exact) mass is 303 g/mol. The molecule has 2 N–H and O–H groups in total. The molecule has 0 fully saturated rings. The van der Waals surface area contributed by atoms with Crippen LogP contribution in [0.25, 0.3) is 0 Å². The molecule has 0 bridgehead atoms. The van der Waals surface area contributed by atoms with Crippen LogP contribution in [0.3, 0.4) is 0 Å². The van der Waals surface area contributed by atoms with Gasteiger partial charge in [0.05, 0.1) is 0 Å². The fourth-order valence-electron chi connectivity index (χ4n) is 2.13. The van der Waals surface area contributed by atoms with Gasteiger partial charge in [-0.15, -0.1) is 0 Å². The lowest BCUT2D eigenvalue weighted by Crippen LogP contribution is -2.09. The lowest BCUT2D eigenvalue weighted by molar-refractivity contribution is 0.624. The minimum absolute atomic E-state index is 0.0882. The van der Waals surface area contributed by atoms with E-state index in [9.17, 15) is 4.39 Å². The highest BCUT2D eigenvalue weighted by atomic mass is 32.2. The second kappa shape index (κ2) is 7.78. The third kappa shape index (κ3) is 4.56. The summed E-state index contributed by atoms with van der Waals surface area (Å²) in [5.74, 6) is -0.145. The van der Waals surface area contributed by atoms with E-state index in [1.165, 1.54) is 23.9 Å². The molecule has 0 saturated heterocycles. The van der Waals surface area contributed by atoms with Gasteiger partial charge in [-0.3, -0.25) is 9.98 Å². The second-order valence-electron chi connectivity index (χ2n) is 4.57. The van der Waals surface area contributed by atoms with E-state index < -0.39 is 0 Å². The molecule has 3 nitrogen and oxygen atoms in total. The van der Waals surface area contributed by atoms with Crippen LogP contribution < -0.4 is 5.73 Å². The maximum atomic E-state index is 13.1. The molecular weight excluding hydrogens is 285 g/mol. The first kappa shape index (κ1) is 15.5. The van der Waals surface area contributed by atoms with Crippen LogP contribution in [-0.2, 0) is 0 Å². The van der Waals surface area contributed by atoms with Crippen molar-refractivity contribution in [1.29, 1.82) is 0 Å². The molecule has 0 amide bonds. The number of amidine groups is 1. The first-order valence-corrected chi connectivity index (χ1v) is 7.93. The Morgan fingerprint density at radius 2 is 2.05 bits per heavy atom. The summed E-state index contributed by atoms with van der Waals surface area (Å²) in [5, 5.41) is 0.578. The number of aromatic nitrogens is 1. The quantitative estimate of drug-likeness (QED) is 0.680. The number of nitrogens with two attached hydrogens (primary N) is 1. The van der Waals surface area contributed by atoms with Gasteiger partial charge in [0.1, 0.15) is 5.82 Å².